The molecule has 0 atom stereocenters. The van der Waals surface area contributed by atoms with Gasteiger partial charge in [-0.05, 0) is 11.6 Å². The molecule has 1 heterocycles. The number of hydrogen-bond acceptors (Lipinski definition) is 5. The lowest BCUT2D eigenvalue weighted by atomic mass is 10.1. The summed E-state index contributed by atoms with van der Waals surface area (Å²) in [5.41, 5.74) is 2.24. The van der Waals surface area contributed by atoms with Gasteiger partial charge in [0.25, 0.3) is 0 Å². The van der Waals surface area contributed by atoms with Crippen LogP contribution in [0.2, 0.25) is 0 Å². The lowest BCUT2D eigenvalue weighted by Gasteiger charge is -2.32. The first-order valence-corrected chi connectivity index (χ1v) is 5.11. The minimum absolute atomic E-state index is 0.580. The summed E-state index contributed by atoms with van der Waals surface area (Å²) in [6, 6.07) is 8.01. The predicted octanol–water partition coefficient (Wildman–Crippen LogP) is 0.647. The van der Waals surface area contributed by atoms with Crippen molar-refractivity contribution in [2.24, 2.45) is 11.7 Å². The van der Waals surface area contributed by atoms with E-state index in [-0.39, 0.29) is 0 Å². The summed E-state index contributed by atoms with van der Waals surface area (Å²) >= 11 is 0. The van der Waals surface area contributed by atoms with Gasteiger partial charge in [-0.2, -0.15) is 13.2 Å². The third-order valence-corrected chi connectivity index (χ3v) is 2.25. The molecule has 19 heavy (non-hydrogen) atoms. The maximum absolute atomic E-state index is 10.6. The topological polar surface area (TPSA) is 95.8 Å². The van der Waals surface area contributed by atoms with Crippen LogP contribution in [0, 0.1) is 0 Å². The van der Waals surface area contributed by atoms with Gasteiger partial charge in [0.2, 0.25) is 0 Å². The summed E-state index contributed by atoms with van der Waals surface area (Å²) in [5, 5.41) is 10.5. The molecule has 0 unspecified atom stereocenters. The number of aliphatic carboxylic acids is 1. The van der Waals surface area contributed by atoms with Crippen LogP contribution in [0.25, 0.3) is 0 Å². The molecule has 5 N–H and O–H groups in total. The second kappa shape index (κ2) is 5.87. The van der Waals surface area contributed by atoms with E-state index < -0.39 is 12.1 Å². The predicted molar refractivity (Wildman–Crippen MR) is 61.4 cm³/mol. The highest BCUT2D eigenvalue weighted by molar-refractivity contribution is 5.73. The largest absolute Gasteiger partial charge is 0.490 e. The van der Waals surface area contributed by atoms with E-state index in [9.17, 15) is 13.2 Å². The number of hydrazine groups is 2. The maximum atomic E-state index is 10.6. The smallest absolute Gasteiger partial charge is 0.475 e. The fourth-order valence-corrected chi connectivity index (χ4v) is 1.47. The number of nitrogens with zero attached hydrogens (tertiary/aromatic N) is 2. The molecule has 0 fully saturated rings. The van der Waals surface area contributed by atoms with E-state index in [1.807, 2.05) is 24.3 Å². The van der Waals surface area contributed by atoms with Gasteiger partial charge >= 0.3 is 12.1 Å². The summed E-state index contributed by atoms with van der Waals surface area (Å²) in [6.07, 6.45) is -5.08. The van der Waals surface area contributed by atoms with Crippen molar-refractivity contribution in [1.29, 1.82) is 0 Å². The number of alkyl halides is 3. The fraction of sp³-hybridized carbons (Fsp3) is 0.300. The van der Waals surface area contributed by atoms with E-state index in [0.29, 0.717) is 6.67 Å². The Morgan fingerprint density at radius 3 is 2.32 bits per heavy atom. The minimum atomic E-state index is -5.08. The number of nitrogens with two attached hydrogens (primary N) is 2. The number of anilines is 1. The van der Waals surface area contributed by atoms with Crippen molar-refractivity contribution in [2.75, 3.05) is 11.7 Å². The minimum Gasteiger partial charge on any atom is -0.475 e. The molecular formula is C10H13F3N4O2. The Balaban J connectivity index is 0.000000224. The molecule has 9 heteroatoms. The first-order valence-electron chi connectivity index (χ1n) is 5.11. The van der Waals surface area contributed by atoms with E-state index >= 15 is 0 Å². The Morgan fingerprint density at radius 2 is 1.79 bits per heavy atom. The Bertz CT molecular complexity index is 453. The summed E-state index contributed by atoms with van der Waals surface area (Å²) in [5.74, 6) is 8.64. The number of carbonyl (C=O) groups is 1. The van der Waals surface area contributed by atoms with Gasteiger partial charge in [-0.1, -0.05) is 18.2 Å². The fourth-order valence-electron chi connectivity index (χ4n) is 1.47. The molecule has 6 nitrogen and oxygen atoms in total. The van der Waals surface area contributed by atoms with Gasteiger partial charge in [0.15, 0.2) is 0 Å². The molecule has 0 amide bonds. The van der Waals surface area contributed by atoms with E-state index in [2.05, 4.69) is 0 Å². The van der Waals surface area contributed by atoms with Gasteiger partial charge < -0.3 is 5.11 Å². The molecule has 1 aliphatic rings. The second-order valence-electron chi connectivity index (χ2n) is 3.79. The van der Waals surface area contributed by atoms with Crippen molar-refractivity contribution in [2.45, 2.75) is 12.7 Å². The first kappa shape index (κ1) is 15.2. The number of rotatable bonds is 0. The summed E-state index contributed by atoms with van der Waals surface area (Å²) < 4.78 is 31.7. The number of halogens is 3. The third kappa shape index (κ3) is 4.39. The SMILES string of the molecule is NN1Cc2ccccc2N(N)C1.O=C(O)C(F)(F)F. The molecular weight excluding hydrogens is 265 g/mol. The second-order valence-corrected chi connectivity index (χ2v) is 3.79. The van der Waals surface area contributed by atoms with Gasteiger partial charge in [0.1, 0.15) is 0 Å². The zero-order valence-corrected chi connectivity index (χ0v) is 9.76. The maximum Gasteiger partial charge on any atom is 0.490 e. The highest BCUT2D eigenvalue weighted by Gasteiger charge is 2.38. The van der Waals surface area contributed by atoms with Crippen molar-refractivity contribution >= 4 is 11.7 Å². The molecule has 1 aromatic rings. The molecule has 1 aromatic carbocycles. The Hall–Kier alpha value is -1.84. The average Bonchev–Trinajstić information content (AvgIpc) is 2.28. The van der Waals surface area contributed by atoms with Gasteiger partial charge in [-0.25, -0.2) is 15.6 Å². The number of carboxylic acid groups (broad SMARTS) is 1. The van der Waals surface area contributed by atoms with Crippen molar-refractivity contribution < 1.29 is 23.1 Å². The van der Waals surface area contributed by atoms with Crippen LogP contribution < -0.4 is 16.7 Å². The molecule has 0 spiro atoms. The lowest BCUT2D eigenvalue weighted by molar-refractivity contribution is -0.192. The van der Waals surface area contributed by atoms with Crippen LogP contribution in [0.15, 0.2) is 24.3 Å². The molecule has 0 aromatic heterocycles. The number of benzene rings is 1. The highest BCUT2D eigenvalue weighted by Crippen LogP contribution is 2.22. The quantitative estimate of drug-likeness (QED) is 0.603. The van der Waals surface area contributed by atoms with Crippen molar-refractivity contribution in [3.63, 3.8) is 0 Å². The third-order valence-electron chi connectivity index (χ3n) is 2.25. The van der Waals surface area contributed by atoms with Crippen LogP contribution in [0.4, 0.5) is 18.9 Å². The summed E-state index contributed by atoms with van der Waals surface area (Å²) in [4.78, 5) is 8.90. The Morgan fingerprint density at radius 1 is 1.26 bits per heavy atom. The zero-order valence-electron chi connectivity index (χ0n) is 9.76. The molecule has 1 aliphatic heterocycles. The molecule has 0 radical (unpaired) electrons. The summed E-state index contributed by atoms with van der Waals surface area (Å²) in [7, 11) is 0. The number of para-hydroxylation sites is 1. The van der Waals surface area contributed by atoms with Gasteiger partial charge in [-0.3, -0.25) is 10.9 Å². The normalized spacial score (nSPS) is 15.3. The van der Waals surface area contributed by atoms with Crippen LogP contribution in [-0.4, -0.2) is 28.9 Å². The Kier molecular flexibility index (Phi) is 4.70. The van der Waals surface area contributed by atoms with E-state index in [1.165, 1.54) is 5.56 Å². The Labute approximate surface area is 106 Å². The van der Waals surface area contributed by atoms with Gasteiger partial charge in [-0.15, -0.1) is 0 Å². The summed E-state index contributed by atoms with van der Waals surface area (Å²) in [6.45, 7) is 1.35. The van der Waals surface area contributed by atoms with E-state index in [4.69, 9.17) is 21.6 Å². The number of carboxylic acids is 1. The van der Waals surface area contributed by atoms with Crippen LogP contribution in [-0.2, 0) is 11.3 Å². The molecule has 0 aliphatic carbocycles. The van der Waals surface area contributed by atoms with Crippen molar-refractivity contribution in [3.05, 3.63) is 29.8 Å². The highest BCUT2D eigenvalue weighted by atomic mass is 19.4. The average molecular weight is 278 g/mol. The molecule has 106 valence electrons. The van der Waals surface area contributed by atoms with Crippen LogP contribution >= 0.6 is 0 Å². The number of hydrogen-bond donors (Lipinski definition) is 3. The van der Waals surface area contributed by atoms with E-state index in [0.717, 1.165) is 12.2 Å². The molecule has 0 saturated heterocycles. The van der Waals surface area contributed by atoms with Crippen LogP contribution in [0.5, 0.6) is 0 Å². The van der Waals surface area contributed by atoms with E-state index in [1.54, 1.807) is 10.0 Å². The van der Waals surface area contributed by atoms with Crippen LogP contribution in [0.3, 0.4) is 0 Å². The first-order chi connectivity index (χ1) is 8.71. The number of fused-ring (bicyclic) bond motifs is 1. The lowest BCUT2D eigenvalue weighted by Crippen LogP contribution is -2.49. The monoisotopic (exact) mass is 278 g/mol. The zero-order chi connectivity index (χ0) is 14.6. The standard InChI is InChI=1S/C8H12N4.C2HF3O2/c9-11-5-7-3-1-2-4-8(7)12(10)6-11;3-2(4,5)1(6)7/h1-4H,5-6,9-10H2;(H,6,7). The van der Waals surface area contributed by atoms with Crippen molar-refractivity contribution in [1.82, 2.24) is 5.01 Å². The van der Waals surface area contributed by atoms with Gasteiger partial charge in [0, 0.05) is 6.54 Å². The molecule has 0 bridgehead atoms. The molecule has 2 rings (SSSR count). The molecule has 0 saturated carbocycles. The van der Waals surface area contributed by atoms with Gasteiger partial charge in [0.05, 0.1) is 12.4 Å². The van der Waals surface area contributed by atoms with Crippen LogP contribution in [0.1, 0.15) is 5.56 Å². The van der Waals surface area contributed by atoms with Crippen molar-refractivity contribution in [3.8, 4) is 0 Å².